The number of quaternary nitrogens is 2. The summed E-state index contributed by atoms with van der Waals surface area (Å²) in [6.07, 6.45) is 3.58. The van der Waals surface area contributed by atoms with Crippen LogP contribution in [0.25, 0.3) is 0 Å². The number of hydrogen-bond donors (Lipinski definition) is 0. The van der Waals surface area contributed by atoms with Gasteiger partial charge >= 0.3 is 0 Å². The van der Waals surface area contributed by atoms with E-state index in [0.29, 0.717) is 23.7 Å². The van der Waals surface area contributed by atoms with Gasteiger partial charge in [0.1, 0.15) is 0 Å². The van der Waals surface area contributed by atoms with Gasteiger partial charge in [-0.15, -0.1) is 0 Å². The molecule has 0 saturated carbocycles. The topological polar surface area (TPSA) is 97.3 Å². The lowest BCUT2D eigenvalue weighted by atomic mass is 9.92. The molecule has 0 aliphatic carbocycles. The molecule has 1 unspecified atom stereocenters. The maximum Gasteiger partial charge on any atom is 0.0946 e. The summed E-state index contributed by atoms with van der Waals surface area (Å²) in [4.78, 5) is 0. The third-order valence-electron chi connectivity index (χ3n) is 5.32. The predicted octanol–water partition coefficient (Wildman–Crippen LogP) is 5.92. The number of hydrogen-bond acceptors (Lipinski definition) is 5. The second-order valence-corrected chi connectivity index (χ2v) is 18.8. The van der Waals surface area contributed by atoms with Crippen LogP contribution < -0.4 is 0 Å². The second-order valence-electron chi connectivity index (χ2n) is 15.4. The summed E-state index contributed by atoms with van der Waals surface area (Å²) in [5, 5.41) is 0. The lowest BCUT2D eigenvalue weighted by Gasteiger charge is -2.33. The summed E-state index contributed by atoms with van der Waals surface area (Å²) in [5.41, 5.74) is 0.761. The van der Waals surface area contributed by atoms with Crippen molar-refractivity contribution in [2.75, 3.05) is 66.4 Å². The van der Waals surface area contributed by atoms with Crippen LogP contribution in [0.15, 0.2) is 0 Å². The third-order valence-corrected chi connectivity index (χ3v) is 6.94. The fourth-order valence-electron chi connectivity index (χ4n) is 2.56. The molecule has 38 heavy (non-hydrogen) atoms. The van der Waals surface area contributed by atoms with Crippen molar-refractivity contribution in [3.05, 3.63) is 7.43 Å². The van der Waals surface area contributed by atoms with Gasteiger partial charge in [0.05, 0.1) is 65.0 Å². The Morgan fingerprint density at radius 1 is 0.632 bits per heavy atom. The summed E-state index contributed by atoms with van der Waals surface area (Å²) in [7, 11) is 3.98. The van der Waals surface area contributed by atoms with Crippen LogP contribution in [0.4, 0.5) is 0 Å². The normalized spacial score (nSPS) is 14.4. The van der Waals surface area contributed by atoms with Gasteiger partial charge in [-0.05, 0) is 22.7 Å². The van der Waals surface area contributed by atoms with Crippen molar-refractivity contribution in [3.63, 3.8) is 0 Å². The summed E-state index contributed by atoms with van der Waals surface area (Å²) in [6.45, 7) is 22.5. The minimum Gasteiger partial charge on any atom is -0.778 e. The Morgan fingerprint density at radius 3 is 1.18 bits per heavy atom. The first-order valence-corrected chi connectivity index (χ1v) is 16.3. The molecular formula is C29H69N2O5S2+. The molecule has 0 aromatic rings. The highest BCUT2D eigenvalue weighted by atomic mass is 32.2. The Morgan fingerprint density at radius 2 is 0.974 bits per heavy atom. The minimum absolute atomic E-state index is 0. The minimum atomic E-state index is -4.01. The van der Waals surface area contributed by atoms with E-state index in [4.69, 9.17) is 0 Å². The van der Waals surface area contributed by atoms with Crippen LogP contribution >= 0.6 is 0 Å². The molecule has 0 radical (unpaired) electrons. The highest BCUT2D eigenvalue weighted by molar-refractivity contribution is 7.94. The molecule has 0 amide bonds. The van der Waals surface area contributed by atoms with Crippen molar-refractivity contribution < 1.29 is 30.7 Å². The molecule has 0 bridgehead atoms. The van der Waals surface area contributed by atoms with Gasteiger partial charge in [-0.25, -0.2) is 8.42 Å². The summed E-state index contributed by atoms with van der Waals surface area (Å²) < 4.78 is 54.2. The summed E-state index contributed by atoms with van der Waals surface area (Å²) in [6, 6.07) is 0. The monoisotopic (exact) mass is 589 g/mol. The lowest BCUT2D eigenvalue weighted by Crippen LogP contribution is -2.43. The molecule has 0 heterocycles. The van der Waals surface area contributed by atoms with E-state index in [1.165, 1.54) is 13.0 Å². The van der Waals surface area contributed by atoms with E-state index in [9.17, 15) is 21.7 Å². The smallest absolute Gasteiger partial charge is 0.0946 e. The second kappa shape index (κ2) is 18.2. The zero-order valence-electron chi connectivity index (χ0n) is 27.3. The largest absolute Gasteiger partial charge is 0.778 e. The van der Waals surface area contributed by atoms with Crippen LogP contribution in [0, 0.1) is 23.7 Å². The molecule has 0 aliphatic heterocycles. The van der Waals surface area contributed by atoms with Gasteiger partial charge in [0.15, 0.2) is 0 Å². The maximum atomic E-state index is 10.9. The van der Waals surface area contributed by atoms with Crippen molar-refractivity contribution >= 4 is 25.8 Å². The van der Waals surface area contributed by atoms with E-state index in [1.807, 2.05) is 20.8 Å². The molecule has 236 valence electrons. The molecule has 9 heteroatoms. The van der Waals surface area contributed by atoms with Crippen LogP contribution in [-0.4, -0.2) is 103 Å². The van der Waals surface area contributed by atoms with Gasteiger partial charge in [0.25, 0.3) is 0 Å². The van der Waals surface area contributed by atoms with Crippen LogP contribution in [0.1, 0.15) is 95.4 Å². The fourth-order valence-corrected chi connectivity index (χ4v) is 4.00. The molecule has 0 spiro atoms. The first kappa shape index (κ1) is 47.5. The number of nitrogens with zero attached hydrogens (tertiary/aromatic N) is 2. The Kier molecular flexibility index (Phi) is 22.7. The first-order valence-electron chi connectivity index (χ1n) is 12.9. The summed E-state index contributed by atoms with van der Waals surface area (Å²) in [5.74, 6) is 3.09. The number of rotatable bonds is 10. The molecule has 0 aromatic heterocycles. The molecule has 7 nitrogen and oxygen atoms in total. The maximum absolute atomic E-state index is 10.9. The molecule has 0 aromatic carbocycles. The Bertz CT molecular complexity index is 778. The Balaban J connectivity index is -0.000000146. The van der Waals surface area contributed by atoms with E-state index in [0.717, 1.165) is 28.5 Å². The van der Waals surface area contributed by atoms with Gasteiger partial charge in [-0.3, -0.25) is 4.21 Å². The molecule has 0 rings (SSSR count). The van der Waals surface area contributed by atoms with Gasteiger partial charge < -0.3 is 18.1 Å². The van der Waals surface area contributed by atoms with Crippen molar-refractivity contribution in [1.29, 1.82) is 0 Å². The summed E-state index contributed by atoms with van der Waals surface area (Å²) >= 11 is 0. The average Bonchev–Trinajstić information content (AvgIpc) is 2.54. The third kappa shape index (κ3) is 52.2. The molecular weight excluding hydrogens is 520 g/mol. The van der Waals surface area contributed by atoms with Crippen molar-refractivity contribution in [2.45, 2.75) is 95.4 Å². The van der Waals surface area contributed by atoms with Gasteiger partial charge in [0.2, 0.25) is 0 Å². The van der Waals surface area contributed by atoms with Gasteiger partial charge in [-0.2, -0.15) is 0 Å². The van der Waals surface area contributed by atoms with Gasteiger partial charge in [0, 0.05) is 38.2 Å². The lowest BCUT2D eigenvalue weighted by molar-refractivity contribution is -0.891. The standard InChI is InChI=1S/C12H27NO2S.C9H22N.C6H14O3S.CH4.CH3/c1-12(2,3)8-10-13(4,5)9-7-11-16(6,14)15;1-9(2,3)7-8-10(4,5)6;1-6(2,3)4-5-10(7,8)9;;/h6-11H2,1-5H3;7-8H2,1-6H3;4-5H2,1-3H3,(H,7,8,9);1H4;1H3/q;+1;;;+1/p-1. The molecule has 0 aliphatic rings. The molecule has 1 atom stereocenters. The highest BCUT2D eigenvalue weighted by Crippen LogP contribution is 2.21. The highest BCUT2D eigenvalue weighted by Gasteiger charge is 2.19. The van der Waals surface area contributed by atoms with E-state index in [-0.39, 0.29) is 31.8 Å². The van der Waals surface area contributed by atoms with E-state index < -0.39 is 19.9 Å². The molecule has 0 fully saturated rings. The van der Waals surface area contributed by atoms with E-state index in [1.54, 1.807) is 0 Å². The first-order chi connectivity index (χ1) is 15.3. The molecule has 0 saturated heterocycles. The molecule has 0 N–H and O–H groups in total. The average molecular weight is 590 g/mol. The fraction of sp³-hybridized carbons (Fsp3) is 0.931. The Labute approximate surface area is 241 Å². The van der Waals surface area contributed by atoms with Crippen LogP contribution in [0.3, 0.4) is 0 Å². The van der Waals surface area contributed by atoms with E-state index in [2.05, 4.69) is 82.7 Å². The zero-order valence-corrected chi connectivity index (χ0v) is 29.0. The quantitative estimate of drug-likeness (QED) is 0.136. The van der Waals surface area contributed by atoms with Crippen LogP contribution in [0.5, 0.6) is 0 Å². The van der Waals surface area contributed by atoms with Crippen molar-refractivity contribution in [3.8, 4) is 0 Å². The SMILES string of the molecule is C.C=S(=O)([O-])CCC[N+](C)(C)CCC(C)(C)C.CC(C)(C)CCS(=O)(=O)[O-].CC(C)(C)CC[N+](C)(C)C.[CH3+]. The van der Waals surface area contributed by atoms with E-state index >= 15 is 0 Å². The van der Waals surface area contributed by atoms with Gasteiger partial charge in [-0.1, -0.05) is 85.4 Å². The van der Waals surface area contributed by atoms with Crippen LogP contribution in [-0.2, 0) is 19.9 Å². The zero-order chi connectivity index (χ0) is 29.9. The van der Waals surface area contributed by atoms with Crippen molar-refractivity contribution in [2.24, 2.45) is 16.2 Å². The van der Waals surface area contributed by atoms with Crippen LogP contribution in [0.2, 0.25) is 0 Å². The van der Waals surface area contributed by atoms with Crippen molar-refractivity contribution in [1.82, 2.24) is 0 Å². The Hall–Kier alpha value is -0.320. The predicted molar refractivity (Wildman–Crippen MR) is 170 cm³/mol.